The molecule has 0 aliphatic carbocycles. The highest BCUT2D eigenvalue weighted by Gasteiger charge is 2.23. The van der Waals surface area contributed by atoms with E-state index in [4.69, 9.17) is 4.74 Å². The maximum absolute atomic E-state index is 6.78. The lowest BCUT2D eigenvalue weighted by atomic mass is 9.93. The lowest BCUT2D eigenvalue weighted by Crippen LogP contribution is -2.10. The second-order valence-corrected chi connectivity index (χ2v) is 13.9. The van der Waals surface area contributed by atoms with E-state index in [9.17, 15) is 0 Å². The second kappa shape index (κ2) is 13.9. The molecule has 55 heavy (non-hydrogen) atoms. The van der Waals surface area contributed by atoms with Crippen LogP contribution in [0.15, 0.2) is 212 Å². The zero-order valence-electron chi connectivity index (χ0n) is 30.1. The molecule has 0 saturated carbocycles. The molecule has 0 unspecified atom stereocenters. The Bertz CT molecular complexity index is 2680. The molecule has 3 heteroatoms. The van der Waals surface area contributed by atoms with Crippen LogP contribution in [-0.2, 0) is 0 Å². The summed E-state index contributed by atoms with van der Waals surface area (Å²) >= 11 is 0. The fraction of sp³-hybridized carbons (Fsp3) is 0. The first-order chi connectivity index (χ1) is 27.2. The molecule has 0 radical (unpaired) electrons. The summed E-state index contributed by atoms with van der Waals surface area (Å²) in [6, 6.07) is 75.1. The lowest BCUT2D eigenvalue weighted by Gasteiger charge is -2.29. The van der Waals surface area contributed by atoms with Crippen LogP contribution in [-0.4, -0.2) is 0 Å². The number of anilines is 5. The van der Waals surface area contributed by atoms with Gasteiger partial charge in [-0.25, -0.2) is 0 Å². The third-order valence-electron chi connectivity index (χ3n) is 10.4. The molecule has 0 atom stereocenters. The Kier molecular flexibility index (Phi) is 8.16. The predicted molar refractivity (Wildman–Crippen MR) is 230 cm³/mol. The predicted octanol–water partition coefficient (Wildman–Crippen LogP) is 14.8. The second-order valence-electron chi connectivity index (χ2n) is 13.9. The van der Waals surface area contributed by atoms with E-state index in [1.165, 1.54) is 33.4 Å². The number of hydrogen-bond acceptors (Lipinski definition) is 3. The molecule has 0 amide bonds. The highest BCUT2D eigenvalue weighted by Crippen LogP contribution is 2.50. The quantitative estimate of drug-likeness (QED) is 0.170. The summed E-state index contributed by atoms with van der Waals surface area (Å²) in [4.78, 5) is 2.32. The van der Waals surface area contributed by atoms with Crippen LogP contribution >= 0.6 is 0 Å². The van der Waals surface area contributed by atoms with E-state index in [1.807, 2.05) is 6.07 Å². The van der Waals surface area contributed by atoms with Crippen LogP contribution in [0.3, 0.4) is 0 Å². The minimum atomic E-state index is 0.841. The number of fused-ring (bicyclic) bond motifs is 2. The Balaban J connectivity index is 1.02. The number of nitrogens with zero attached hydrogens (tertiary/aromatic N) is 1. The number of benzene rings is 9. The van der Waals surface area contributed by atoms with E-state index in [1.54, 1.807) is 0 Å². The van der Waals surface area contributed by atoms with Gasteiger partial charge in [-0.3, -0.25) is 0 Å². The summed E-state index contributed by atoms with van der Waals surface area (Å²) in [6.07, 6.45) is 0. The highest BCUT2D eigenvalue weighted by molar-refractivity contribution is 6.06. The molecule has 1 aliphatic heterocycles. The molecule has 9 aromatic rings. The molecule has 0 aromatic heterocycles. The average Bonchev–Trinajstić information content (AvgIpc) is 3.26. The van der Waals surface area contributed by atoms with E-state index in [2.05, 4.69) is 216 Å². The molecular weight excluding hydrogens is 669 g/mol. The summed E-state index contributed by atoms with van der Waals surface area (Å²) in [6.45, 7) is 0. The van der Waals surface area contributed by atoms with Crippen LogP contribution in [0.25, 0.3) is 55.3 Å². The van der Waals surface area contributed by atoms with Crippen molar-refractivity contribution < 1.29 is 4.74 Å². The summed E-state index contributed by atoms with van der Waals surface area (Å²) in [7, 11) is 0. The Morgan fingerprint density at radius 3 is 1.36 bits per heavy atom. The zero-order valence-corrected chi connectivity index (χ0v) is 30.1. The standard InChI is InChI=1S/C52H36N2O/c1-4-11-36(12-5-1)39-19-25-43(26-20-39)53-44-27-32-50-49(34-44)48-18-10-17-42-33-47(35-51(55-50)52(42)48)54(45-28-21-40(22-29-45)37-13-6-2-7-14-37)46-30-23-41(24-31-46)38-15-8-3-9-16-38/h1-35,53H. The van der Waals surface area contributed by atoms with E-state index < -0.39 is 0 Å². The van der Waals surface area contributed by atoms with Gasteiger partial charge in [0.05, 0.1) is 5.69 Å². The topological polar surface area (TPSA) is 24.5 Å². The third-order valence-corrected chi connectivity index (χ3v) is 10.4. The number of ether oxygens (including phenoxy) is 1. The van der Waals surface area contributed by atoms with Crippen LogP contribution in [0.2, 0.25) is 0 Å². The highest BCUT2D eigenvalue weighted by atomic mass is 16.5. The van der Waals surface area contributed by atoms with Crippen LogP contribution in [0.4, 0.5) is 28.4 Å². The van der Waals surface area contributed by atoms with E-state index in [0.29, 0.717) is 0 Å². The normalized spacial score (nSPS) is 11.4. The van der Waals surface area contributed by atoms with Gasteiger partial charge in [0.15, 0.2) is 0 Å². The molecule has 260 valence electrons. The Hall–Kier alpha value is -7.36. The SMILES string of the molecule is c1ccc(-c2ccc(Nc3ccc4c(c3)-c3cccc5cc(N(c6ccc(-c7ccccc7)cc6)c6ccc(-c7ccccc7)cc6)cc(c35)O4)cc2)cc1. The number of nitrogens with one attached hydrogen (secondary N) is 1. The van der Waals surface area contributed by atoms with Gasteiger partial charge in [-0.1, -0.05) is 146 Å². The molecular formula is C52H36N2O. The summed E-state index contributed by atoms with van der Waals surface area (Å²) in [5.74, 6) is 1.69. The van der Waals surface area contributed by atoms with Gasteiger partial charge >= 0.3 is 0 Å². The van der Waals surface area contributed by atoms with Crippen molar-refractivity contribution in [2.75, 3.05) is 10.2 Å². The zero-order chi connectivity index (χ0) is 36.6. The van der Waals surface area contributed by atoms with Gasteiger partial charge in [0.2, 0.25) is 0 Å². The lowest BCUT2D eigenvalue weighted by molar-refractivity contribution is 0.487. The number of hydrogen-bond donors (Lipinski definition) is 1. The molecule has 0 bridgehead atoms. The van der Waals surface area contributed by atoms with Gasteiger partial charge in [-0.15, -0.1) is 0 Å². The molecule has 0 fully saturated rings. The molecule has 1 aliphatic rings. The van der Waals surface area contributed by atoms with Crippen LogP contribution in [0.5, 0.6) is 11.5 Å². The summed E-state index contributed by atoms with van der Waals surface area (Å²) < 4.78 is 6.78. The van der Waals surface area contributed by atoms with Crippen molar-refractivity contribution >= 4 is 39.2 Å². The Morgan fingerprint density at radius 1 is 0.327 bits per heavy atom. The Morgan fingerprint density at radius 2 is 0.818 bits per heavy atom. The van der Waals surface area contributed by atoms with Gasteiger partial charge in [-0.2, -0.15) is 0 Å². The molecule has 9 aromatic carbocycles. The Labute approximate surface area is 321 Å². The summed E-state index contributed by atoms with van der Waals surface area (Å²) in [5, 5.41) is 5.85. The smallest absolute Gasteiger partial charge is 0.138 e. The minimum Gasteiger partial charge on any atom is -0.456 e. The van der Waals surface area contributed by atoms with Crippen molar-refractivity contribution in [1.82, 2.24) is 0 Å². The molecule has 0 spiro atoms. The van der Waals surface area contributed by atoms with Gasteiger partial charge in [0, 0.05) is 39.8 Å². The van der Waals surface area contributed by atoms with Gasteiger partial charge < -0.3 is 15.0 Å². The fourth-order valence-corrected chi connectivity index (χ4v) is 7.69. The van der Waals surface area contributed by atoms with E-state index in [0.717, 1.165) is 61.8 Å². The van der Waals surface area contributed by atoms with Gasteiger partial charge in [0.25, 0.3) is 0 Å². The molecule has 0 saturated heterocycles. The van der Waals surface area contributed by atoms with Crippen molar-refractivity contribution in [2.45, 2.75) is 0 Å². The minimum absolute atomic E-state index is 0.841. The largest absolute Gasteiger partial charge is 0.456 e. The first-order valence-electron chi connectivity index (χ1n) is 18.7. The molecule has 3 nitrogen and oxygen atoms in total. The molecule has 10 rings (SSSR count). The van der Waals surface area contributed by atoms with E-state index in [-0.39, 0.29) is 0 Å². The fourth-order valence-electron chi connectivity index (χ4n) is 7.69. The van der Waals surface area contributed by atoms with Crippen LogP contribution < -0.4 is 15.0 Å². The number of rotatable bonds is 8. The third kappa shape index (κ3) is 6.28. The van der Waals surface area contributed by atoms with E-state index >= 15 is 0 Å². The summed E-state index contributed by atoms with van der Waals surface area (Å²) in [5.41, 5.74) is 14.6. The van der Waals surface area contributed by atoms with Crippen molar-refractivity contribution in [2.24, 2.45) is 0 Å². The maximum atomic E-state index is 6.78. The first kappa shape index (κ1) is 32.3. The van der Waals surface area contributed by atoms with Crippen LogP contribution in [0, 0.1) is 0 Å². The first-order valence-corrected chi connectivity index (χ1v) is 18.7. The molecule has 1 heterocycles. The average molecular weight is 705 g/mol. The van der Waals surface area contributed by atoms with Crippen molar-refractivity contribution in [3.63, 3.8) is 0 Å². The van der Waals surface area contributed by atoms with Crippen molar-refractivity contribution in [3.8, 4) is 56.0 Å². The molecule has 1 N–H and O–H groups in total. The monoisotopic (exact) mass is 704 g/mol. The van der Waals surface area contributed by atoms with Gasteiger partial charge in [0.1, 0.15) is 11.5 Å². The van der Waals surface area contributed by atoms with Crippen molar-refractivity contribution in [3.05, 3.63) is 212 Å². The van der Waals surface area contributed by atoms with Gasteiger partial charge in [-0.05, 0) is 105 Å². The van der Waals surface area contributed by atoms with Crippen LogP contribution in [0.1, 0.15) is 0 Å². The maximum Gasteiger partial charge on any atom is 0.138 e. The van der Waals surface area contributed by atoms with Crippen molar-refractivity contribution in [1.29, 1.82) is 0 Å².